The molecule has 0 aliphatic carbocycles. The molecule has 116 valence electrons. The van der Waals surface area contributed by atoms with Gasteiger partial charge in [-0.1, -0.05) is 18.2 Å². The van der Waals surface area contributed by atoms with E-state index in [1.807, 2.05) is 0 Å². The third kappa shape index (κ3) is 5.36. The van der Waals surface area contributed by atoms with Gasteiger partial charge in [0.1, 0.15) is 0 Å². The van der Waals surface area contributed by atoms with Crippen molar-refractivity contribution in [2.24, 2.45) is 5.73 Å². The van der Waals surface area contributed by atoms with E-state index in [-0.39, 0.29) is 36.6 Å². The predicted molar refractivity (Wildman–Crippen MR) is 76.9 cm³/mol. The molecular weight excluding hydrogens is 302 g/mol. The number of methoxy groups -OCH3 is 1. The number of carbonyl (C=O) groups excluding carboxylic acids is 2. The zero-order valence-electron chi connectivity index (χ0n) is 11.3. The molecule has 1 aromatic rings. The van der Waals surface area contributed by atoms with E-state index in [2.05, 4.69) is 10.1 Å². The summed E-state index contributed by atoms with van der Waals surface area (Å²) in [6.07, 6.45) is -0.215. The number of nitrogens with zero attached hydrogens (tertiary/aromatic N) is 1. The van der Waals surface area contributed by atoms with Gasteiger partial charge >= 0.3 is 5.97 Å². The highest BCUT2D eigenvalue weighted by molar-refractivity contribution is 5.85. The minimum Gasteiger partial charge on any atom is -0.469 e. The molecule has 21 heavy (non-hydrogen) atoms. The zero-order valence-corrected chi connectivity index (χ0v) is 12.1. The fraction of sp³-hybridized carbons (Fsp3) is 0.333. The normalized spacial score (nSPS) is 11.0. The van der Waals surface area contributed by atoms with Gasteiger partial charge in [-0.3, -0.25) is 19.7 Å². The molecule has 1 aromatic carbocycles. The number of carbonyl (C=O) groups is 2. The summed E-state index contributed by atoms with van der Waals surface area (Å²) in [6, 6.07) is 5.00. The maximum atomic E-state index is 11.4. The van der Waals surface area contributed by atoms with E-state index in [0.29, 0.717) is 0 Å². The van der Waals surface area contributed by atoms with E-state index in [0.717, 1.165) is 0 Å². The number of para-hydroxylation sites is 1. The number of nitro groups is 1. The van der Waals surface area contributed by atoms with Gasteiger partial charge in [-0.2, -0.15) is 0 Å². The molecular formula is C12H16ClN3O5. The van der Waals surface area contributed by atoms with Gasteiger partial charge in [0.25, 0.3) is 5.69 Å². The molecule has 0 aromatic heterocycles. The molecule has 0 radical (unpaired) electrons. The Morgan fingerprint density at radius 3 is 2.57 bits per heavy atom. The van der Waals surface area contributed by atoms with E-state index >= 15 is 0 Å². The monoisotopic (exact) mass is 317 g/mol. The molecule has 3 N–H and O–H groups in total. The second-order valence-corrected chi connectivity index (χ2v) is 3.92. The van der Waals surface area contributed by atoms with Crippen molar-refractivity contribution in [1.29, 1.82) is 0 Å². The first-order valence-corrected chi connectivity index (χ1v) is 5.79. The average molecular weight is 318 g/mol. The number of hydrogen-bond acceptors (Lipinski definition) is 6. The fourth-order valence-corrected chi connectivity index (χ4v) is 1.69. The van der Waals surface area contributed by atoms with Crippen molar-refractivity contribution in [3.05, 3.63) is 39.9 Å². The lowest BCUT2D eigenvalue weighted by atomic mass is 10.0. The van der Waals surface area contributed by atoms with E-state index in [1.54, 1.807) is 6.07 Å². The van der Waals surface area contributed by atoms with Crippen LogP contribution in [0.25, 0.3) is 0 Å². The molecule has 8 nitrogen and oxygen atoms in total. The van der Waals surface area contributed by atoms with Crippen LogP contribution < -0.4 is 11.1 Å². The third-order valence-corrected chi connectivity index (χ3v) is 2.63. The van der Waals surface area contributed by atoms with Crippen molar-refractivity contribution in [1.82, 2.24) is 5.32 Å². The van der Waals surface area contributed by atoms with Crippen molar-refractivity contribution in [2.75, 3.05) is 13.7 Å². The van der Waals surface area contributed by atoms with Crippen LogP contribution in [0.15, 0.2) is 24.3 Å². The molecule has 1 amide bonds. The van der Waals surface area contributed by atoms with Crippen LogP contribution in [-0.2, 0) is 14.3 Å². The molecule has 0 aliphatic heterocycles. The Kier molecular flexibility index (Phi) is 7.95. The van der Waals surface area contributed by atoms with Crippen LogP contribution in [0.5, 0.6) is 0 Å². The first-order valence-electron chi connectivity index (χ1n) is 5.79. The minimum atomic E-state index is -0.861. The molecule has 0 saturated heterocycles. The van der Waals surface area contributed by atoms with Gasteiger partial charge in [0.15, 0.2) is 0 Å². The first kappa shape index (κ1) is 18.8. The standard InChI is InChI=1S/C12H15N3O5.ClH/c1-20-12(17)6-9(14-11(16)7-13)8-4-2-3-5-10(8)15(18)19;/h2-5,9H,6-7,13H2,1H3,(H,14,16);1H. The lowest BCUT2D eigenvalue weighted by Crippen LogP contribution is -2.35. The number of rotatable bonds is 6. The molecule has 0 spiro atoms. The summed E-state index contributed by atoms with van der Waals surface area (Å²) in [4.78, 5) is 33.2. The quantitative estimate of drug-likeness (QED) is 0.452. The molecule has 1 unspecified atom stereocenters. The molecule has 1 rings (SSSR count). The van der Waals surface area contributed by atoms with Gasteiger partial charge in [0, 0.05) is 6.07 Å². The van der Waals surface area contributed by atoms with Crippen LogP contribution >= 0.6 is 12.4 Å². The molecule has 0 bridgehead atoms. The number of benzene rings is 1. The fourth-order valence-electron chi connectivity index (χ4n) is 1.69. The summed E-state index contributed by atoms with van der Waals surface area (Å²) < 4.78 is 4.53. The van der Waals surface area contributed by atoms with E-state index < -0.39 is 22.8 Å². The predicted octanol–water partition coefficient (Wildman–Crippen LogP) is 0.696. The Bertz CT molecular complexity index is 505. The largest absolute Gasteiger partial charge is 0.469 e. The Morgan fingerprint density at radius 2 is 2.05 bits per heavy atom. The summed E-state index contributed by atoms with van der Waals surface area (Å²) in [5.41, 5.74) is 5.24. The molecule has 0 heterocycles. The summed E-state index contributed by atoms with van der Waals surface area (Å²) in [7, 11) is 1.20. The lowest BCUT2D eigenvalue weighted by Gasteiger charge is -2.17. The SMILES string of the molecule is COC(=O)CC(NC(=O)CN)c1ccccc1[N+](=O)[O-].Cl. The van der Waals surface area contributed by atoms with Gasteiger partial charge in [-0.15, -0.1) is 12.4 Å². The second-order valence-electron chi connectivity index (χ2n) is 3.92. The average Bonchev–Trinajstić information content (AvgIpc) is 2.46. The second kappa shape index (κ2) is 8.88. The highest BCUT2D eigenvalue weighted by atomic mass is 35.5. The number of hydrogen-bond donors (Lipinski definition) is 2. The van der Waals surface area contributed by atoms with Gasteiger partial charge in [-0.25, -0.2) is 0 Å². The summed E-state index contributed by atoms with van der Waals surface area (Å²) in [5, 5.41) is 13.5. The van der Waals surface area contributed by atoms with Crippen molar-refractivity contribution >= 4 is 30.0 Å². The third-order valence-electron chi connectivity index (χ3n) is 2.63. The maximum Gasteiger partial charge on any atom is 0.307 e. The topological polar surface area (TPSA) is 125 Å². The Morgan fingerprint density at radius 1 is 1.43 bits per heavy atom. The smallest absolute Gasteiger partial charge is 0.307 e. The molecule has 0 aliphatic rings. The Balaban J connectivity index is 0.00000400. The van der Waals surface area contributed by atoms with E-state index in [4.69, 9.17) is 5.73 Å². The van der Waals surface area contributed by atoms with Crippen LogP contribution in [0, 0.1) is 10.1 Å². The molecule has 1 atom stereocenters. The molecule has 9 heteroatoms. The lowest BCUT2D eigenvalue weighted by molar-refractivity contribution is -0.385. The highest BCUT2D eigenvalue weighted by Crippen LogP contribution is 2.27. The summed E-state index contributed by atoms with van der Waals surface area (Å²) >= 11 is 0. The van der Waals surface area contributed by atoms with Gasteiger partial charge in [0.2, 0.25) is 5.91 Å². The minimum absolute atomic E-state index is 0. The molecule has 0 saturated carbocycles. The zero-order chi connectivity index (χ0) is 15.1. The maximum absolute atomic E-state index is 11.4. The van der Waals surface area contributed by atoms with Crippen molar-refractivity contribution in [2.45, 2.75) is 12.5 Å². The van der Waals surface area contributed by atoms with Crippen molar-refractivity contribution in [3.63, 3.8) is 0 Å². The van der Waals surface area contributed by atoms with Crippen LogP contribution in [0.2, 0.25) is 0 Å². The number of amides is 1. The van der Waals surface area contributed by atoms with Crippen LogP contribution in [0.1, 0.15) is 18.0 Å². The van der Waals surface area contributed by atoms with Gasteiger partial charge < -0.3 is 15.8 Å². The van der Waals surface area contributed by atoms with Crippen LogP contribution in [0.4, 0.5) is 5.69 Å². The number of nitrogens with two attached hydrogens (primary N) is 1. The van der Waals surface area contributed by atoms with Crippen molar-refractivity contribution in [3.8, 4) is 0 Å². The number of halogens is 1. The van der Waals surface area contributed by atoms with Crippen molar-refractivity contribution < 1.29 is 19.2 Å². The van der Waals surface area contributed by atoms with Crippen LogP contribution in [-0.4, -0.2) is 30.5 Å². The number of nitro benzene ring substituents is 1. The Hall–Kier alpha value is -2.19. The van der Waals surface area contributed by atoms with Crippen LogP contribution in [0.3, 0.4) is 0 Å². The number of esters is 1. The number of nitrogens with one attached hydrogen (secondary N) is 1. The Labute approximate surface area is 127 Å². The summed E-state index contributed by atoms with van der Waals surface area (Å²) in [6.45, 7) is -0.279. The highest BCUT2D eigenvalue weighted by Gasteiger charge is 2.25. The summed E-state index contributed by atoms with van der Waals surface area (Å²) in [5.74, 6) is -1.11. The first-order chi connectivity index (χ1) is 9.49. The van der Waals surface area contributed by atoms with Gasteiger partial charge in [-0.05, 0) is 0 Å². The molecule has 0 fully saturated rings. The van der Waals surface area contributed by atoms with E-state index in [1.165, 1.54) is 25.3 Å². The number of ether oxygens (including phenoxy) is 1. The van der Waals surface area contributed by atoms with E-state index in [9.17, 15) is 19.7 Å². The van der Waals surface area contributed by atoms with Gasteiger partial charge in [0.05, 0.1) is 36.6 Å².